The first-order chi connectivity index (χ1) is 12.1. The van der Waals surface area contributed by atoms with Crippen molar-refractivity contribution < 1.29 is 4.79 Å². The number of halogens is 1. The molecule has 0 aliphatic rings. The van der Waals surface area contributed by atoms with Crippen molar-refractivity contribution in [2.75, 3.05) is 5.32 Å². The summed E-state index contributed by atoms with van der Waals surface area (Å²) in [5.41, 5.74) is 2.62. The Kier molecular flexibility index (Phi) is 4.29. The van der Waals surface area contributed by atoms with Gasteiger partial charge in [-0.25, -0.2) is 4.98 Å². The SMILES string of the molecule is Cc1nc(-c2cccc(NC(=O)c3sc4ccccc4c3Cl)c2)cs1. The molecule has 2 aromatic carbocycles. The van der Waals surface area contributed by atoms with Gasteiger partial charge in [-0.05, 0) is 25.1 Å². The van der Waals surface area contributed by atoms with Crippen LogP contribution in [0.1, 0.15) is 14.7 Å². The number of carbonyl (C=O) groups excluding carboxylic acids is 1. The maximum absolute atomic E-state index is 12.7. The summed E-state index contributed by atoms with van der Waals surface area (Å²) in [4.78, 5) is 17.7. The van der Waals surface area contributed by atoms with Gasteiger partial charge in [0.2, 0.25) is 0 Å². The van der Waals surface area contributed by atoms with Crippen LogP contribution < -0.4 is 5.32 Å². The van der Waals surface area contributed by atoms with Gasteiger partial charge in [0.1, 0.15) is 4.88 Å². The van der Waals surface area contributed by atoms with Gasteiger partial charge in [-0.1, -0.05) is 41.9 Å². The molecule has 6 heteroatoms. The number of aromatic nitrogens is 1. The summed E-state index contributed by atoms with van der Waals surface area (Å²) in [5.74, 6) is -0.196. The number of nitrogens with one attached hydrogen (secondary N) is 1. The van der Waals surface area contributed by atoms with E-state index in [0.29, 0.717) is 9.90 Å². The summed E-state index contributed by atoms with van der Waals surface area (Å²) < 4.78 is 1.00. The Morgan fingerprint density at radius 2 is 2.00 bits per heavy atom. The third-order valence-corrected chi connectivity index (χ3v) is 6.22. The largest absolute Gasteiger partial charge is 0.321 e. The summed E-state index contributed by atoms with van der Waals surface area (Å²) in [5, 5.41) is 7.38. The second-order valence-corrected chi connectivity index (χ2v) is 8.02. The number of rotatable bonds is 3. The second-order valence-electron chi connectivity index (χ2n) is 5.53. The van der Waals surface area contributed by atoms with Gasteiger partial charge in [-0.15, -0.1) is 22.7 Å². The van der Waals surface area contributed by atoms with E-state index in [9.17, 15) is 4.79 Å². The number of anilines is 1. The van der Waals surface area contributed by atoms with Gasteiger partial charge in [0.05, 0.1) is 15.7 Å². The van der Waals surface area contributed by atoms with Crippen LogP contribution in [0.3, 0.4) is 0 Å². The van der Waals surface area contributed by atoms with Gasteiger partial charge in [0.25, 0.3) is 5.91 Å². The highest BCUT2D eigenvalue weighted by atomic mass is 35.5. The highest BCUT2D eigenvalue weighted by Crippen LogP contribution is 2.35. The summed E-state index contributed by atoms with van der Waals surface area (Å²) in [6.45, 7) is 1.98. The molecule has 0 aliphatic carbocycles. The van der Waals surface area contributed by atoms with E-state index in [1.807, 2.05) is 60.8 Å². The molecule has 2 aromatic heterocycles. The molecule has 0 saturated heterocycles. The minimum Gasteiger partial charge on any atom is -0.321 e. The first-order valence-corrected chi connectivity index (χ1v) is 9.70. The van der Waals surface area contributed by atoms with Crippen molar-refractivity contribution in [3.05, 3.63) is 68.8 Å². The number of thiazole rings is 1. The first kappa shape index (κ1) is 16.3. The predicted molar refractivity (Wildman–Crippen MR) is 107 cm³/mol. The van der Waals surface area contributed by atoms with E-state index in [0.717, 1.165) is 32.0 Å². The van der Waals surface area contributed by atoms with Crippen LogP contribution >= 0.6 is 34.3 Å². The van der Waals surface area contributed by atoms with Crippen LogP contribution in [0, 0.1) is 6.92 Å². The molecular weight excluding hydrogens is 372 g/mol. The van der Waals surface area contributed by atoms with Gasteiger partial charge < -0.3 is 5.32 Å². The van der Waals surface area contributed by atoms with E-state index in [2.05, 4.69) is 10.3 Å². The average Bonchev–Trinajstić information content (AvgIpc) is 3.19. The van der Waals surface area contributed by atoms with Crippen molar-refractivity contribution in [2.45, 2.75) is 6.92 Å². The van der Waals surface area contributed by atoms with E-state index in [4.69, 9.17) is 11.6 Å². The van der Waals surface area contributed by atoms with Crippen molar-refractivity contribution in [3.8, 4) is 11.3 Å². The fraction of sp³-hybridized carbons (Fsp3) is 0.0526. The van der Waals surface area contributed by atoms with Gasteiger partial charge in [0.15, 0.2) is 0 Å². The molecule has 1 N–H and O–H groups in total. The van der Waals surface area contributed by atoms with Crippen molar-refractivity contribution in [1.29, 1.82) is 0 Å². The smallest absolute Gasteiger partial charge is 0.267 e. The van der Waals surface area contributed by atoms with Crippen LogP contribution in [0.25, 0.3) is 21.3 Å². The minimum atomic E-state index is -0.196. The fourth-order valence-corrected chi connectivity index (χ4v) is 4.63. The van der Waals surface area contributed by atoms with Crippen LogP contribution in [-0.4, -0.2) is 10.9 Å². The first-order valence-electron chi connectivity index (χ1n) is 7.63. The quantitative estimate of drug-likeness (QED) is 0.454. The van der Waals surface area contributed by atoms with E-state index in [-0.39, 0.29) is 5.91 Å². The summed E-state index contributed by atoms with van der Waals surface area (Å²) >= 11 is 9.40. The molecule has 0 unspecified atom stereocenters. The standard InChI is InChI=1S/C19H13ClN2OS2/c1-11-21-15(10-24-11)12-5-4-6-13(9-12)22-19(23)18-17(20)14-7-2-3-8-16(14)25-18/h2-10H,1H3,(H,22,23). The molecule has 0 bridgehead atoms. The molecule has 4 aromatic rings. The molecule has 0 saturated carbocycles. The van der Waals surface area contributed by atoms with Crippen LogP contribution in [0.15, 0.2) is 53.9 Å². The second kappa shape index (κ2) is 6.59. The van der Waals surface area contributed by atoms with Crippen molar-refractivity contribution in [1.82, 2.24) is 4.98 Å². The molecule has 0 fully saturated rings. The normalized spacial score (nSPS) is 11.0. The molecule has 0 aliphatic heterocycles. The van der Waals surface area contributed by atoms with E-state index < -0.39 is 0 Å². The maximum Gasteiger partial charge on any atom is 0.267 e. The molecule has 124 valence electrons. The predicted octanol–water partition coefficient (Wildman–Crippen LogP) is 6.24. The topological polar surface area (TPSA) is 42.0 Å². The third-order valence-electron chi connectivity index (χ3n) is 3.78. The van der Waals surface area contributed by atoms with Crippen LogP contribution in [0.5, 0.6) is 0 Å². The zero-order valence-corrected chi connectivity index (χ0v) is 15.6. The number of thiophene rings is 1. The van der Waals surface area contributed by atoms with E-state index >= 15 is 0 Å². The molecule has 0 atom stereocenters. The van der Waals surface area contributed by atoms with Crippen molar-refractivity contribution in [3.63, 3.8) is 0 Å². The lowest BCUT2D eigenvalue weighted by Gasteiger charge is -2.06. The Balaban J connectivity index is 1.63. The van der Waals surface area contributed by atoms with Gasteiger partial charge in [-0.3, -0.25) is 4.79 Å². The number of benzene rings is 2. The van der Waals surface area contributed by atoms with Crippen LogP contribution in [0.2, 0.25) is 5.02 Å². The average molecular weight is 385 g/mol. The van der Waals surface area contributed by atoms with Crippen molar-refractivity contribution in [2.24, 2.45) is 0 Å². The van der Waals surface area contributed by atoms with Crippen LogP contribution in [-0.2, 0) is 0 Å². The van der Waals surface area contributed by atoms with E-state index in [1.54, 1.807) is 11.3 Å². The number of carbonyl (C=O) groups is 1. The molecule has 2 heterocycles. The lowest BCUT2D eigenvalue weighted by Crippen LogP contribution is -2.10. The van der Waals surface area contributed by atoms with Crippen molar-refractivity contribution >= 4 is 56.0 Å². The Labute approximate surface area is 157 Å². The lowest BCUT2D eigenvalue weighted by molar-refractivity contribution is 0.103. The summed E-state index contributed by atoms with van der Waals surface area (Å²) in [6.07, 6.45) is 0. The maximum atomic E-state index is 12.7. The zero-order chi connectivity index (χ0) is 17.4. The molecule has 3 nitrogen and oxygen atoms in total. The monoisotopic (exact) mass is 384 g/mol. The number of aryl methyl sites for hydroxylation is 1. The van der Waals surface area contributed by atoms with Crippen LogP contribution in [0.4, 0.5) is 5.69 Å². The number of amides is 1. The molecule has 25 heavy (non-hydrogen) atoms. The Morgan fingerprint density at radius 3 is 2.76 bits per heavy atom. The van der Waals surface area contributed by atoms with Gasteiger partial charge >= 0.3 is 0 Å². The summed E-state index contributed by atoms with van der Waals surface area (Å²) in [7, 11) is 0. The minimum absolute atomic E-state index is 0.196. The molecule has 0 spiro atoms. The number of fused-ring (bicyclic) bond motifs is 1. The number of hydrogen-bond acceptors (Lipinski definition) is 4. The Bertz CT molecular complexity index is 1080. The highest BCUT2D eigenvalue weighted by Gasteiger charge is 2.17. The van der Waals surface area contributed by atoms with Gasteiger partial charge in [0, 0.05) is 26.7 Å². The molecule has 0 radical (unpaired) electrons. The molecule has 4 rings (SSSR count). The zero-order valence-electron chi connectivity index (χ0n) is 13.2. The van der Waals surface area contributed by atoms with E-state index in [1.165, 1.54) is 11.3 Å². The van der Waals surface area contributed by atoms with Gasteiger partial charge in [-0.2, -0.15) is 0 Å². The fourth-order valence-electron chi connectivity index (χ4n) is 2.60. The Hall–Kier alpha value is -2.21. The lowest BCUT2D eigenvalue weighted by atomic mass is 10.1. The highest BCUT2D eigenvalue weighted by molar-refractivity contribution is 7.21. The Morgan fingerprint density at radius 1 is 1.16 bits per heavy atom. The number of nitrogens with zero attached hydrogens (tertiary/aromatic N) is 1. The number of hydrogen-bond donors (Lipinski definition) is 1. The summed E-state index contributed by atoms with van der Waals surface area (Å²) in [6, 6.07) is 15.4. The third kappa shape index (κ3) is 3.18. The molecular formula is C19H13ClN2OS2. The molecule has 1 amide bonds.